The van der Waals surface area contributed by atoms with Crippen molar-refractivity contribution in [1.82, 2.24) is 0 Å². The largest absolute Gasteiger partial charge is 0.508 e. The molecule has 0 aromatic heterocycles. The van der Waals surface area contributed by atoms with Gasteiger partial charge in [-0.3, -0.25) is 0 Å². The molecule has 4 aliphatic rings. The van der Waals surface area contributed by atoms with Crippen LogP contribution in [0.4, 0.5) is 0 Å². The second-order valence-electron chi connectivity index (χ2n) is 15.7. The zero-order valence-electron chi connectivity index (χ0n) is 27.3. The predicted octanol–water partition coefficient (Wildman–Crippen LogP) is 10.6. The predicted molar refractivity (Wildman–Crippen MR) is 176 cm³/mol. The van der Waals surface area contributed by atoms with E-state index in [1.807, 2.05) is 36.4 Å². The zero-order valence-corrected chi connectivity index (χ0v) is 27.3. The van der Waals surface area contributed by atoms with Crippen LogP contribution in [0.1, 0.15) is 116 Å². The molecule has 0 amide bonds. The number of phenols is 1. The Kier molecular flexibility index (Phi) is 8.57. The van der Waals surface area contributed by atoms with Crippen molar-refractivity contribution in [2.75, 3.05) is 0 Å². The minimum absolute atomic E-state index is 0.0310. The zero-order chi connectivity index (χ0) is 30.4. The lowest BCUT2D eigenvalue weighted by Gasteiger charge is -2.58. The van der Waals surface area contributed by atoms with Gasteiger partial charge in [0.25, 0.3) is 0 Å². The number of carbonyl (C=O) groups is 1. The van der Waals surface area contributed by atoms with Gasteiger partial charge in [-0.05, 0) is 127 Å². The first kappa shape index (κ1) is 30.5. The van der Waals surface area contributed by atoms with Gasteiger partial charge in [-0.25, -0.2) is 4.79 Å². The summed E-state index contributed by atoms with van der Waals surface area (Å²) in [4.78, 5) is 13.1. The molecule has 0 heterocycles. The summed E-state index contributed by atoms with van der Waals surface area (Å²) in [5.41, 5.74) is 4.99. The molecule has 0 spiro atoms. The molecule has 0 unspecified atom stereocenters. The lowest BCUT2D eigenvalue weighted by atomic mass is 9.47. The van der Waals surface area contributed by atoms with Crippen LogP contribution in [0.2, 0.25) is 0 Å². The average molecular weight is 583 g/mol. The van der Waals surface area contributed by atoms with Gasteiger partial charge >= 0.3 is 5.97 Å². The van der Waals surface area contributed by atoms with E-state index in [1.54, 1.807) is 17.7 Å². The van der Waals surface area contributed by atoms with E-state index < -0.39 is 0 Å². The smallest absolute Gasteiger partial charge is 0.338 e. The van der Waals surface area contributed by atoms with E-state index in [0.29, 0.717) is 11.0 Å². The van der Waals surface area contributed by atoms with Crippen molar-refractivity contribution in [3.05, 3.63) is 65.7 Å². The first-order chi connectivity index (χ1) is 20.6. The molecule has 3 saturated carbocycles. The lowest BCUT2D eigenvalue weighted by molar-refractivity contribution is -0.0594. The Morgan fingerprint density at radius 2 is 1.58 bits per heavy atom. The molecule has 43 heavy (non-hydrogen) atoms. The third-order valence-electron chi connectivity index (χ3n) is 12.9. The van der Waals surface area contributed by atoms with Crippen molar-refractivity contribution in [3.63, 3.8) is 0 Å². The van der Waals surface area contributed by atoms with Gasteiger partial charge in [-0.2, -0.15) is 0 Å². The summed E-state index contributed by atoms with van der Waals surface area (Å²) in [6, 6.07) is 14.8. The topological polar surface area (TPSA) is 46.5 Å². The van der Waals surface area contributed by atoms with Gasteiger partial charge in [-0.15, -0.1) is 0 Å². The molecule has 2 aromatic rings. The minimum atomic E-state index is -0.215. The lowest BCUT2D eigenvalue weighted by Crippen LogP contribution is -2.51. The Labute approximate surface area is 260 Å². The van der Waals surface area contributed by atoms with Gasteiger partial charge in [0.15, 0.2) is 0 Å². The highest BCUT2D eigenvalue weighted by Crippen LogP contribution is 2.67. The number of fused-ring (bicyclic) bond motifs is 5. The number of benzene rings is 2. The van der Waals surface area contributed by atoms with Gasteiger partial charge in [0.2, 0.25) is 0 Å². The molecule has 0 radical (unpaired) electrons. The van der Waals surface area contributed by atoms with Crippen LogP contribution in [-0.4, -0.2) is 17.2 Å². The summed E-state index contributed by atoms with van der Waals surface area (Å²) >= 11 is 0. The number of ether oxygens (including phenoxy) is 1. The number of aromatic hydroxyl groups is 1. The fraction of sp³-hybridized carbons (Fsp3) is 0.625. The second-order valence-corrected chi connectivity index (χ2v) is 15.7. The summed E-state index contributed by atoms with van der Waals surface area (Å²) in [6.45, 7) is 12.5. The van der Waals surface area contributed by atoms with E-state index in [0.717, 1.165) is 65.9 Å². The van der Waals surface area contributed by atoms with Gasteiger partial charge < -0.3 is 9.84 Å². The number of hydrogen-bond donors (Lipinski definition) is 1. The van der Waals surface area contributed by atoms with Crippen LogP contribution in [0, 0.1) is 46.3 Å². The van der Waals surface area contributed by atoms with Crippen LogP contribution in [0.5, 0.6) is 5.75 Å². The second kappa shape index (κ2) is 12.1. The number of allylic oxidation sites excluding steroid dienone is 1. The Hall–Kier alpha value is -2.55. The molecular weight excluding hydrogens is 528 g/mol. The van der Waals surface area contributed by atoms with E-state index in [-0.39, 0.29) is 23.2 Å². The van der Waals surface area contributed by atoms with Gasteiger partial charge in [0.05, 0.1) is 5.56 Å². The maximum atomic E-state index is 13.1. The highest BCUT2D eigenvalue weighted by molar-refractivity contribution is 5.90. The molecule has 6 rings (SSSR count). The van der Waals surface area contributed by atoms with Crippen LogP contribution in [-0.2, 0) is 4.74 Å². The molecular formula is C40H54O3. The molecule has 0 aliphatic heterocycles. The molecule has 3 nitrogen and oxygen atoms in total. The van der Waals surface area contributed by atoms with Crippen molar-refractivity contribution in [3.8, 4) is 16.9 Å². The van der Waals surface area contributed by atoms with Crippen molar-refractivity contribution in [2.45, 2.75) is 111 Å². The van der Waals surface area contributed by atoms with Gasteiger partial charge in [-0.1, -0.05) is 89.8 Å². The molecule has 3 heteroatoms. The van der Waals surface area contributed by atoms with E-state index in [2.05, 4.69) is 40.7 Å². The highest BCUT2D eigenvalue weighted by Gasteiger charge is 2.59. The Morgan fingerprint density at radius 1 is 0.884 bits per heavy atom. The van der Waals surface area contributed by atoms with E-state index >= 15 is 0 Å². The normalized spacial score (nSPS) is 34.1. The molecule has 2 aromatic carbocycles. The fourth-order valence-electron chi connectivity index (χ4n) is 10.4. The molecule has 1 N–H and O–H groups in total. The summed E-state index contributed by atoms with van der Waals surface area (Å²) in [7, 11) is 0. The fourth-order valence-corrected chi connectivity index (χ4v) is 10.4. The summed E-state index contributed by atoms with van der Waals surface area (Å²) in [5, 5.41) is 9.57. The first-order valence-electron chi connectivity index (χ1n) is 17.4. The number of phenolic OH excluding ortho intramolecular Hbond substituents is 1. The molecule has 3 fully saturated rings. The first-order valence-corrected chi connectivity index (χ1v) is 17.4. The maximum absolute atomic E-state index is 13.1. The number of esters is 1. The Balaban J connectivity index is 1.09. The van der Waals surface area contributed by atoms with E-state index in [1.165, 1.54) is 51.4 Å². The van der Waals surface area contributed by atoms with Crippen molar-refractivity contribution < 1.29 is 14.6 Å². The highest BCUT2D eigenvalue weighted by atomic mass is 16.5. The summed E-state index contributed by atoms with van der Waals surface area (Å²) in [5.74, 6) is 5.09. The quantitative estimate of drug-likeness (QED) is 0.249. The summed E-state index contributed by atoms with van der Waals surface area (Å²) in [6.07, 6.45) is 16.6. The number of hydrogen-bond acceptors (Lipinski definition) is 3. The SMILES string of the molecule is CC(C)CCC[C@@H](C)[C@H]1CC[C@H]2[C@@H]3CC=C4C[C@@H](OC(=O)c5ccc(-c6ccc(O)cc6)cc5)CC[C@]4(C)[C@H]3CC[C@]12C. The third-order valence-corrected chi connectivity index (χ3v) is 12.9. The Bertz CT molecular complexity index is 1310. The minimum Gasteiger partial charge on any atom is -0.508 e. The molecule has 8 atom stereocenters. The van der Waals surface area contributed by atoms with Gasteiger partial charge in [0.1, 0.15) is 11.9 Å². The van der Waals surface area contributed by atoms with Crippen molar-refractivity contribution in [2.24, 2.45) is 46.3 Å². The van der Waals surface area contributed by atoms with Crippen LogP contribution in [0.25, 0.3) is 11.1 Å². The van der Waals surface area contributed by atoms with Crippen LogP contribution in [0.15, 0.2) is 60.2 Å². The van der Waals surface area contributed by atoms with E-state index in [4.69, 9.17) is 4.74 Å². The standard InChI is InChI=1S/C40H54O3/c1-26(2)7-6-8-27(3)35-19-20-36-34-18-15-31-25-33(21-23-39(31,4)37(34)22-24-40(35,36)5)43-38(42)30-11-9-28(10-12-30)29-13-16-32(41)17-14-29/h9-17,26-27,33-37,41H,6-8,18-25H2,1-5H3/t27-,33+,34+,35-,36+,37+,39+,40-/m1/s1. The van der Waals surface area contributed by atoms with E-state index in [9.17, 15) is 9.90 Å². The van der Waals surface area contributed by atoms with Crippen molar-refractivity contribution in [1.29, 1.82) is 0 Å². The van der Waals surface area contributed by atoms with Gasteiger partial charge in [0, 0.05) is 6.42 Å². The Morgan fingerprint density at radius 3 is 2.28 bits per heavy atom. The maximum Gasteiger partial charge on any atom is 0.338 e. The van der Waals surface area contributed by atoms with Crippen LogP contribution in [0.3, 0.4) is 0 Å². The molecule has 0 saturated heterocycles. The monoisotopic (exact) mass is 582 g/mol. The molecule has 0 bridgehead atoms. The number of carbonyl (C=O) groups excluding carboxylic acids is 1. The summed E-state index contributed by atoms with van der Waals surface area (Å²) < 4.78 is 6.13. The van der Waals surface area contributed by atoms with Crippen molar-refractivity contribution >= 4 is 5.97 Å². The number of rotatable bonds is 8. The molecule has 232 valence electrons. The third kappa shape index (κ3) is 5.83. The molecule has 4 aliphatic carbocycles. The average Bonchev–Trinajstić information content (AvgIpc) is 3.35. The van der Waals surface area contributed by atoms with Crippen LogP contribution < -0.4 is 0 Å². The van der Waals surface area contributed by atoms with Crippen LogP contribution >= 0.6 is 0 Å².